The first-order valence-electron chi connectivity index (χ1n) is 6.84. The van der Waals surface area contributed by atoms with Gasteiger partial charge in [-0.25, -0.2) is 0 Å². The fourth-order valence-electron chi connectivity index (χ4n) is 2.73. The molecule has 1 aliphatic rings. The molecule has 4 heteroatoms. The quantitative estimate of drug-likeness (QED) is 0.823. The van der Waals surface area contributed by atoms with E-state index in [0.717, 1.165) is 12.8 Å². The number of ether oxygens (including phenoxy) is 1. The van der Waals surface area contributed by atoms with Gasteiger partial charge in [0.15, 0.2) is 0 Å². The Morgan fingerprint density at radius 2 is 2.21 bits per heavy atom. The van der Waals surface area contributed by atoms with E-state index in [0.29, 0.717) is 22.9 Å². The number of hydrogen-bond donors (Lipinski definition) is 2. The molecule has 3 N–H and O–H groups in total. The summed E-state index contributed by atoms with van der Waals surface area (Å²) in [7, 11) is 1.56. The highest BCUT2D eigenvalue weighted by Gasteiger charge is 2.22. The van der Waals surface area contributed by atoms with Gasteiger partial charge in [-0.15, -0.1) is 0 Å². The van der Waals surface area contributed by atoms with Crippen molar-refractivity contribution in [3.63, 3.8) is 0 Å². The van der Waals surface area contributed by atoms with Gasteiger partial charge in [-0.3, -0.25) is 4.79 Å². The number of benzene rings is 1. The zero-order chi connectivity index (χ0) is 13.8. The molecule has 2 rings (SSSR count). The van der Waals surface area contributed by atoms with Crippen LogP contribution in [0, 0.1) is 5.92 Å². The first-order valence-corrected chi connectivity index (χ1v) is 6.84. The number of amides is 1. The molecule has 1 saturated carbocycles. The zero-order valence-corrected chi connectivity index (χ0v) is 11.6. The number of carbonyl (C=O) groups excluding carboxylic acids is 1. The summed E-state index contributed by atoms with van der Waals surface area (Å²) in [5.74, 6) is 1.15. The van der Waals surface area contributed by atoms with Crippen LogP contribution in [0.2, 0.25) is 0 Å². The van der Waals surface area contributed by atoms with E-state index in [1.165, 1.54) is 12.8 Å². The Balaban J connectivity index is 2.09. The van der Waals surface area contributed by atoms with E-state index in [9.17, 15) is 4.79 Å². The third-order valence-electron chi connectivity index (χ3n) is 3.74. The normalized spacial score (nSPS) is 22.8. The van der Waals surface area contributed by atoms with Crippen molar-refractivity contribution in [3.05, 3.63) is 23.8 Å². The number of anilines is 1. The molecule has 0 radical (unpaired) electrons. The average Bonchev–Trinajstić information content (AvgIpc) is 2.38. The van der Waals surface area contributed by atoms with Gasteiger partial charge < -0.3 is 15.8 Å². The molecule has 0 aliphatic heterocycles. The number of nitrogen functional groups attached to an aromatic ring is 1. The molecule has 0 saturated heterocycles. The van der Waals surface area contributed by atoms with Crippen molar-refractivity contribution in [2.75, 3.05) is 12.8 Å². The fraction of sp³-hybridized carbons (Fsp3) is 0.533. The molecule has 0 spiro atoms. The van der Waals surface area contributed by atoms with E-state index in [4.69, 9.17) is 10.5 Å². The molecule has 104 valence electrons. The number of nitrogens with two attached hydrogens (primary N) is 1. The molecule has 1 amide bonds. The van der Waals surface area contributed by atoms with E-state index in [1.54, 1.807) is 25.3 Å². The molecule has 0 heterocycles. The Morgan fingerprint density at radius 3 is 2.89 bits per heavy atom. The van der Waals surface area contributed by atoms with Crippen LogP contribution in [0.1, 0.15) is 43.0 Å². The lowest BCUT2D eigenvalue weighted by Gasteiger charge is -2.27. The lowest BCUT2D eigenvalue weighted by atomic mass is 9.87. The molecule has 1 aliphatic carbocycles. The molecule has 0 bridgehead atoms. The topological polar surface area (TPSA) is 64.3 Å². The van der Waals surface area contributed by atoms with Crippen molar-refractivity contribution in [1.82, 2.24) is 5.32 Å². The Morgan fingerprint density at radius 1 is 1.42 bits per heavy atom. The molecule has 0 aromatic heterocycles. The van der Waals surface area contributed by atoms with Crippen molar-refractivity contribution in [1.29, 1.82) is 0 Å². The van der Waals surface area contributed by atoms with Gasteiger partial charge >= 0.3 is 0 Å². The van der Waals surface area contributed by atoms with E-state index in [1.807, 2.05) is 0 Å². The third kappa shape index (κ3) is 3.40. The molecular formula is C15H22N2O2. The maximum absolute atomic E-state index is 12.3. The second-order valence-electron chi connectivity index (χ2n) is 5.40. The molecule has 1 aromatic carbocycles. The van der Waals surface area contributed by atoms with E-state index in [-0.39, 0.29) is 11.9 Å². The molecule has 2 unspecified atom stereocenters. The average molecular weight is 262 g/mol. The van der Waals surface area contributed by atoms with Crippen LogP contribution < -0.4 is 15.8 Å². The highest BCUT2D eigenvalue weighted by molar-refractivity contribution is 5.98. The van der Waals surface area contributed by atoms with E-state index >= 15 is 0 Å². The van der Waals surface area contributed by atoms with Crippen LogP contribution in [0.3, 0.4) is 0 Å². The SMILES string of the molecule is COc1ccc(N)cc1C(=O)NC1CCCC(C)C1. The minimum absolute atomic E-state index is 0.0942. The summed E-state index contributed by atoms with van der Waals surface area (Å²) in [6.45, 7) is 2.24. The van der Waals surface area contributed by atoms with Crippen LogP contribution >= 0.6 is 0 Å². The molecule has 1 aromatic rings. The van der Waals surface area contributed by atoms with Gasteiger partial charge in [-0.05, 0) is 37.0 Å². The summed E-state index contributed by atoms with van der Waals surface area (Å²) < 4.78 is 5.22. The van der Waals surface area contributed by atoms with Crippen LogP contribution in [0.15, 0.2) is 18.2 Å². The number of nitrogens with one attached hydrogen (secondary N) is 1. The Hall–Kier alpha value is -1.71. The lowest BCUT2D eigenvalue weighted by Crippen LogP contribution is -2.38. The molecule has 1 fully saturated rings. The first kappa shape index (κ1) is 13.7. The highest BCUT2D eigenvalue weighted by Crippen LogP contribution is 2.25. The van der Waals surface area contributed by atoms with Gasteiger partial charge in [-0.2, -0.15) is 0 Å². The maximum atomic E-state index is 12.3. The van der Waals surface area contributed by atoms with Crippen molar-refractivity contribution < 1.29 is 9.53 Å². The lowest BCUT2D eigenvalue weighted by molar-refractivity contribution is 0.0918. The number of hydrogen-bond acceptors (Lipinski definition) is 3. The van der Waals surface area contributed by atoms with Crippen molar-refractivity contribution in [2.24, 2.45) is 5.92 Å². The van der Waals surface area contributed by atoms with Gasteiger partial charge in [0, 0.05) is 11.7 Å². The molecular weight excluding hydrogens is 240 g/mol. The second-order valence-corrected chi connectivity index (χ2v) is 5.40. The monoisotopic (exact) mass is 262 g/mol. The number of methoxy groups -OCH3 is 1. The minimum Gasteiger partial charge on any atom is -0.496 e. The minimum atomic E-state index is -0.0942. The highest BCUT2D eigenvalue weighted by atomic mass is 16.5. The van der Waals surface area contributed by atoms with E-state index < -0.39 is 0 Å². The molecule has 4 nitrogen and oxygen atoms in total. The summed E-state index contributed by atoms with van der Waals surface area (Å²) in [5.41, 5.74) is 6.83. The van der Waals surface area contributed by atoms with Gasteiger partial charge in [0.25, 0.3) is 5.91 Å². The predicted octanol–water partition coefficient (Wildman–Crippen LogP) is 2.59. The van der Waals surface area contributed by atoms with Crippen molar-refractivity contribution >= 4 is 11.6 Å². The summed E-state index contributed by atoms with van der Waals surface area (Å²) >= 11 is 0. The largest absolute Gasteiger partial charge is 0.496 e. The van der Waals surface area contributed by atoms with Gasteiger partial charge in [0.2, 0.25) is 0 Å². The second kappa shape index (κ2) is 5.95. The van der Waals surface area contributed by atoms with Crippen molar-refractivity contribution in [3.8, 4) is 5.75 Å². The van der Waals surface area contributed by atoms with Crippen LogP contribution in [0.5, 0.6) is 5.75 Å². The third-order valence-corrected chi connectivity index (χ3v) is 3.74. The number of carbonyl (C=O) groups is 1. The number of rotatable bonds is 3. The fourth-order valence-corrected chi connectivity index (χ4v) is 2.73. The standard InChI is InChI=1S/C15H22N2O2/c1-10-4-3-5-12(8-10)17-15(18)13-9-11(16)6-7-14(13)19-2/h6-7,9-10,12H,3-5,8,16H2,1-2H3,(H,17,18). The van der Waals surface area contributed by atoms with Crippen LogP contribution in [0.25, 0.3) is 0 Å². The van der Waals surface area contributed by atoms with E-state index in [2.05, 4.69) is 12.2 Å². The first-order chi connectivity index (χ1) is 9.10. The maximum Gasteiger partial charge on any atom is 0.255 e. The molecule has 2 atom stereocenters. The van der Waals surface area contributed by atoms with Gasteiger partial charge in [0.1, 0.15) is 5.75 Å². The van der Waals surface area contributed by atoms with Crippen LogP contribution in [-0.4, -0.2) is 19.1 Å². The predicted molar refractivity (Wildman–Crippen MR) is 76.3 cm³/mol. The summed E-state index contributed by atoms with van der Waals surface area (Å²) in [6.07, 6.45) is 4.55. The Bertz CT molecular complexity index is 459. The Kier molecular flexibility index (Phi) is 4.30. The van der Waals surface area contributed by atoms with Gasteiger partial charge in [-0.1, -0.05) is 19.8 Å². The summed E-state index contributed by atoms with van der Waals surface area (Å²) in [6, 6.07) is 5.40. The zero-order valence-electron chi connectivity index (χ0n) is 11.6. The summed E-state index contributed by atoms with van der Waals surface area (Å²) in [4.78, 5) is 12.3. The van der Waals surface area contributed by atoms with Crippen molar-refractivity contribution in [2.45, 2.75) is 38.6 Å². The molecule has 19 heavy (non-hydrogen) atoms. The summed E-state index contributed by atoms with van der Waals surface area (Å²) in [5, 5.41) is 3.09. The van der Waals surface area contributed by atoms with Gasteiger partial charge in [0.05, 0.1) is 12.7 Å². The van der Waals surface area contributed by atoms with Crippen LogP contribution in [0.4, 0.5) is 5.69 Å². The Labute approximate surface area is 114 Å². The smallest absolute Gasteiger partial charge is 0.255 e. The van der Waals surface area contributed by atoms with Crippen LogP contribution in [-0.2, 0) is 0 Å².